The Kier molecular flexibility index (Phi) is 4.60. The number of aliphatic hydroxyl groups is 1. The van der Waals surface area contributed by atoms with Crippen molar-refractivity contribution in [3.05, 3.63) is 95.6 Å². The minimum absolute atomic E-state index is 0.199. The Morgan fingerprint density at radius 2 is 1.69 bits per heavy atom. The van der Waals surface area contributed by atoms with Gasteiger partial charge in [0, 0.05) is 11.6 Å². The molecule has 3 aromatic rings. The van der Waals surface area contributed by atoms with Gasteiger partial charge in [0.25, 0.3) is 5.91 Å². The van der Waals surface area contributed by atoms with Crippen LogP contribution in [0.1, 0.15) is 11.1 Å². The smallest absolute Gasteiger partial charge is 0.268 e. The lowest BCUT2D eigenvalue weighted by Crippen LogP contribution is -2.44. The van der Waals surface area contributed by atoms with E-state index in [0.29, 0.717) is 22.9 Å². The van der Waals surface area contributed by atoms with E-state index >= 15 is 0 Å². The molecule has 7 heteroatoms. The standard InChI is InChI=1S/C22H16F2N2O3/c23-15-10-11-18(17(24)12-15)25-20(27)13-26-19-9-5-4-8-16(19)22(29,21(26)28)14-6-2-1-3-7-14/h1-12,29H,13H2,(H,25,27)/t22-/m0/s1. The third kappa shape index (κ3) is 3.15. The second kappa shape index (κ2) is 7.10. The maximum atomic E-state index is 13.8. The number of hydrogen-bond acceptors (Lipinski definition) is 3. The number of carbonyl (C=O) groups excluding carboxylic acids is 2. The van der Waals surface area contributed by atoms with Crippen molar-refractivity contribution in [3.8, 4) is 0 Å². The van der Waals surface area contributed by atoms with Gasteiger partial charge in [-0.1, -0.05) is 48.5 Å². The molecule has 0 bridgehead atoms. The van der Waals surface area contributed by atoms with Crippen LogP contribution in [0.3, 0.4) is 0 Å². The topological polar surface area (TPSA) is 69.6 Å². The molecule has 1 aliphatic heterocycles. The van der Waals surface area contributed by atoms with Crippen LogP contribution in [0.5, 0.6) is 0 Å². The Morgan fingerprint density at radius 3 is 2.41 bits per heavy atom. The van der Waals surface area contributed by atoms with Crippen LogP contribution in [-0.2, 0) is 15.2 Å². The number of amides is 2. The summed E-state index contributed by atoms with van der Waals surface area (Å²) in [6.07, 6.45) is 0. The van der Waals surface area contributed by atoms with Crippen molar-refractivity contribution in [2.45, 2.75) is 5.60 Å². The maximum absolute atomic E-state index is 13.8. The van der Waals surface area contributed by atoms with Gasteiger partial charge in [0.2, 0.25) is 5.91 Å². The van der Waals surface area contributed by atoms with Crippen LogP contribution < -0.4 is 10.2 Å². The number of anilines is 2. The lowest BCUT2D eigenvalue weighted by atomic mass is 9.88. The number of carbonyl (C=O) groups is 2. The summed E-state index contributed by atoms with van der Waals surface area (Å²) in [5.74, 6) is -3.06. The predicted molar refractivity (Wildman–Crippen MR) is 103 cm³/mol. The molecule has 0 aromatic heterocycles. The highest BCUT2D eigenvalue weighted by Gasteiger charge is 2.51. The van der Waals surface area contributed by atoms with E-state index in [1.165, 1.54) is 0 Å². The normalized spacial score (nSPS) is 17.9. The van der Waals surface area contributed by atoms with Crippen LogP contribution in [0.2, 0.25) is 0 Å². The Balaban J connectivity index is 1.65. The van der Waals surface area contributed by atoms with Crippen LogP contribution >= 0.6 is 0 Å². The molecule has 1 atom stereocenters. The van der Waals surface area contributed by atoms with Crippen molar-refractivity contribution in [1.29, 1.82) is 0 Å². The quantitative estimate of drug-likeness (QED) is 0.714. The summed E-state index contributed by atoms with van der Waals surface area (Å²) in [7, 11) is 0. The molecule has 29 heavy (non-hydrogen) atoms. The average molecular weight is 394 g/mol. The van der Waals surface area contributed by atoms with Gasteiger partial charge in [-0.15, -0.1) is 0 Å². The first kappa shape index (κ1) is 18.8. The molecule has 0 spiro atoms. The SMILES string of the molecule is O=C(CN1C(=O)[C@](O)(c2ccccc2)c2ccccc21)Nc1ccc(F)cc1F. The Hall–Kier alpha value is -3.58. The van der Waals surface area contributed by atoms with Crippen molar-refractivity contribution in [1.82, 2.24) is 0 Å². The number of fused-ring (bicyclic) bond motifs is 1. The number of nitrogens with one attached hydrogen (secondary N) is 1. The van der Waals surface area contributed by atoms with Crippen LogP contribution in [0.25, 0.3) is 0 Å². The molecule has 0 radical (unpaired) electrons. The van der Waals surface area contributed by atoms with Crippen LogP contribution in [-0.4, -0.2) is 23.5 Å². The van der Waals surface area contributed by atoms with Crippen LogP contribution in [0, 0.1) is 11.6 Å². The largest absolute Gasteiger partial charge is 0.372 e. The molecular formula is C22H16F2N2O3. The van der Waals surface area contributed by atoms with E-state index in [4.69, 9.17) is 0 Å². The molecule has 5 nitrogen and oxygen atoms in total. The summed E-state index contributed by atoms with van der Waals surface area (Å²) >= 11 is 0. The number of hydrogen-bond donors (Lipinski definition) is 2. The highest BCUT2D eigenvalue weighted by molar-refractivity contribution is 6.12. The number of para-hydroxylation sites is 1. The molecule has 146 valence electrons. The molecule has 2 N–H and O–H groups in total. The summed E-state index contributed by atoms with van der Waals surface area (Å²) in [5.41, 5.74) is -1.01. The second-order valence-electron chi connectivity index (χ2n) is 6.66. The molecule has 0 saturated carbocycles. The average Bonchev–Trinajstić information content (AvgIpc) is 2.94. The monoisotopic (exact) mass is 394 g/mol. The number of nitrogens with zero attached hydrogens (tertiary/aromatic N) is 1. The lowest BCUT2D eigenvalue weighted by Gasteiger charge is -2.23. The van der Waals surface area contributed by atoms with E-state index in [-0.39, 0.29) is 5.69 Å². The first-order valence-electron chi connectivity index (χ1n) is 8.85. The zero-order valence-electron chi connectivity index (χ0n) is 15.1. The minimum Gasteiger partial charge on any atom is -0.372 e. The third-order valence-corrected chi connectivity index (χ3v) is 4.84. The highest BCUT2D eigenvalue weighted by Crippen LogP contribution is 2.44. The summed E-state index contributed by atoms with van der Waals surface area (Å²) in [4.78, 5) is 26.8. The first-order valence-corrected chi connectivity index (χ1v) is 8.85. The van der Waals surface area contributed by atoms with Crippen molar-refractivity contribution < 1.29 is 23.5 Å². The summed E-state index contributed by atoms with van der Waals surface area (Å²) < 4.78 is 26.9. The zero-order valence-corrected chi connectivity index (χ0v) is 15.1. The molecule has 0 fully saturated rings. The fourth-order valence-electron chi connectivity index (χ4n) is 3.47. The van der Waals surface area contributed by atoms with Crippen LogP contribution in [0.4, 0.5) is 20.2 Å². The summed E-state index contributed by atoms with van der Waals surface area (Å²) in [6, 6.07) is 17.8. The summed E-state index contributed by atoms with van der Waals surface area (Å²) in [6.45, 7) is -0.443. The molecule has 3 aromatic carbocycles. The van der Waals surface area contributed by atoms with Gasteiger partial charge < -0.3 is 10.4 Å². The lowest BCUT2D eigenvalue weighted by molar-refractivity contribution is -0.133. The van der Waals surface area contributed by atoms with Crippen molar-refractivity contribution >= 4 is 23.2 Å². The Bertz CT molecular complexity index is 1100. The molecule has 2 amide bonds. The van der Waals surface area contributed by atoms with Crippen molar-refractivity contribution in [2.24, 2.45) is 0 Å². The molecule has 4 rings (SSSR count). The molecule has 1 heterocycles. The fourth-order valence-corrected chi connectivity index (χ4v) is 3.47. The third-order valence-electron chi connectivity index (χ3n) is 4.84. The Morgan fingerprint density at radius 1 is 1.00 bits per heavy atom. The maximum Gasteiger partial charge on any atom is 0.268 e. The van der Waals surface area contributed by atoms with Crippen molar-refractivity contribution in [2.75, 3.05) is 16.8 Å². The van der Waals surface area contributed by atoms with Gasteiger partial charge in [-0.05, 0) is 23.8 Å². The van der Waals surface area contributed by atoms with Gasteiger partial charge in [0.1, 0.15) is 18.2 Å². The van der Waals surface area contributed by atoms with Gasteiger partial charge in [-0.3, -0.25) is 14.5 Å². The van der Waals surface area contributed by atoms with E-state index in [9.17, 15) is 23.5 Å². The van der Waals surface area contributed by atoms with Crippen molar-refractivity contribution in [3.63, 3.8) is 0 Å². The van der Waals surface area contributed by atoms with Gasteiger partial charge in [0.05, 0.1) is 11.4 Å². The molecule has 1 aliphatic rings. The van der Waals surface area contributed by atoms with Gasteiger partial charge in [0.15, 0.2) is 5.60 Å². The van der Waals surface area contributed by atoms with E-state index < -0.39 is 35.6 Å². The Labute approximate surface area is 165 Å². The first-order chi connectivity index (χ1) is 13.9. The van der Waals surface area contributed by atoms with Gasteiger partial charge in [-0.2, -0.15) is 0 Å². The van der Waals surface area contributed by atoms with E-state index in [0.717, 1.165) is 17.0 Å². The summed E-state index contributed by atoms with van der Waals surface area (Å²) in [5, 5.41) is 13.6. The zero-order chi connectivity index (χ0) is 20.6. The number of benzene rings is 3. The number of rotatable bonds is 4. The second-order valence-corrected chi connectivity index (χ2v) is 6.66. The van der Waals surface area contributed by atoms with E-state index in [1.54, 1.807) is 54.6 Å². The van der Waals surface area contributed by atoms with E-state index in [1.807, 2.05) is 0 Å². The van der Waals surface area contributed by atoms with Crippen LogP contribution in [0.15, 0.2) is 72.8 Å². The predicted octanol–water partition coefficient (Wildman–Crippen LogP) is 3.19. The fraction of sp³-hybridized carbons (Fsp3) is 0.0909. The minimum atomic E-state index is -1.93. The molecule has 0 aliphatic carbocycles. The van der Waals surface area contributed by atoms with Gasteiger partial charge in [-0.25, -0.2) is 8.78 Å². The molecular weight excluding hydrogens is 378 g/mol. The van der Waals surface area contributed by atoms with E-state index in [2.05, 4.69) is 5.32 Å². The molecule has 0 saturated heterocycles. The highest BCUT2D eigenvalue weighted by atomic mass is 19.1. The van der Waals surface area contributed by atoms with Gasteiger partial charge >= 0.3 is 0 Å². The number of halogens is 2. The molecule has 0 unspecified atom stereocenters.